The van der Waals surface area contributed by atoms with E-state index >= 15 is 0 Å². The first kappa shape index (κ1) is 28.0. The van der Waals surface area contributed by atoms with Crippen LogP contribution in [0.1, 0.15) is 99.1 Å². The summed E-state index contributed by atoms with van der Waals surface area (Å²) in [6.07, 6.45) is 3.16. The number of halogens is 1. The fourth-order valence-corrected chi connectivity index (χ4v) is 7.12. The summed E-state index contributed by atoms with van der Waals surface area (Å²) in [5.41, 5.74) is 1.47. The lowest BCUT2D eigenvalue weighted by Crippen LogP contribution is -2.36. The van der Waals surface area contributed by atoms with Gasteiger partial charge in [-0.25, -0.2) is 4.79 Å². The second kappa shape index (κ2) is 10.4. The molecule has 2 aromatic rings. The van der Waals surface area contributed by atoms with Crippen LogP contribution >= 0.6 is 15.9 Å². The second-order valence-corrected chi connectivity index (χ2v) is 12.6. The fraction of sp³-hybridized carbons (Fsp3) is 0.548. The minimum atomic E-state index is -0.830. The minimum Gasteiger partial charge on any atom is -0.495 e. The number of hydrogen-bond acceptors (Lipinski definition) is 7. The first-order valence-electron chi connectivity index (χ1n) is 13.8. The van der Waals surface area contributed by atoms with Crippen molar-refractivity contribution in [1.82, 2.24) is 0 Å². The molecule has 2 atom stereocenters. The molecule has 2 aliphatic carbocycles. The molecule has 0 saturated heterocycles. The van der Waals surface area contributed by atoms with Gasteiger partial charge >= 0.3 is 11.9 Å². The third-order valence-electron chi connectivity index (χ3n) is 8.99. The first-order chi connectivity index (χ1) is 18.5. The van der Waals surface area contributed by atoms with Crippen LogP contribution in [0, 0.1) is 30.1 Å². The topological polar surface area (TPSA) is 91.3 Å². The highest BCUT2D eigenvalue weighted by atomic mass is 79.9. The summed E-state index contributed by atoms with van der Waals surface area (Å²) in [6.45, 7) is 9.72. The third-order valence-corrected chi connectivity index (χ3v) is 9.98. The molecule has 0 spiro atoms. The van der Waals surface area contributed by atoms with Gasteiger partial charge in [-0.05, 0) is 110 Å². The number of hydrogen-bond donors (Lipinski definition) is 1. The van der Waals surface area contributed by atoms with Crippen molar-refractivity contribution in [1.29, 1.82) is 0 Å². The Morgan fingerprint density at radius 2 is 1.82 bits per heavy atom. The zero-order chi connectivity index (χ0) is 28.2. The summed E-state index contributed by atoms with van der Waals surface area (Å²) in [7, 11) is 1.45. The van der Waals surface area contributed by atoms with Crippen LogP contribution in [0.5, 0.6) is 23.0 Å². The molecule has 210 valence electrons. The lowest BCUT2D eigenvalue weighted by Gasteiger charge is -2.30. The molecule has 2 bridgehead atoms. The van der Waals surface area contributed by atoms with Gasteiger partial charge in [0.15, 0.2) is 11.5 Å². The molecule has 1 aliphatic heterocycles. The van der Waals surface area contributed by atoms with Gasteiger partial charge in [0, 0.05) is 11.1 Å². The van der Waals surface area contributed by atoms with E-state index in [1.807, 2.05) is 33.8 Å². The smallest absolute Gasteiger partial charge is 0.346 e. The summed E-state index contributed by atoms with van der Waals surface area (Å²) in [5.74, 6) is 1.01. The number of carbonyl (C=O) groups excluding carboxylic acids is 2. The zero-order valence-electron chi connectivity index (χ0n) is 23.4. The van der Waals surface area contributed by atoms with E-state index < -0.39 is 23.6 Å². The average molecular weight is 602 g/mol. The Balaban J connectivity index is 1.61. The van der Waals surface area contributed by atoms with Crippen LogP contribution in [0.3, 0.4) is 0 Å². The van der Waals surface area contributed by atoms with Crippen LogP contribution in [0.25, 0.3) is 0 Å². The van der Waals surface area contributed by atoms with E-state index in [0.717, 1.165) is 31.2 Å². The number of aliphatic hydroxyl groups excluding tert-OH is 1. The van der Waals surface area contributed by atoms with Gasteiger partial charge in [-0.15, -0.1) is 0 Å². The van der Waals surface area contributed by atoms with Crippen molar-refractivity contribution in [3.63, 3.8) is 0 Å². The number of ether oxygens (including phenoxy) is 4. The van der Waals surface area contributed by atoms with Gasteiger partial charge in [-0.1, -0.05) is 13.8 Å². The van der Waals surface area contributed by atoms with Gasteiger partial charge in [-0.3, -0.25) is 4.79 Å². The van der Waals surface area contributed by atoms with Crippen LogP contribution in [0.15, 0.2) is 22.7 Å². The number of esters is 2. The van der Waals surface area contributed by atoms with Gasteiger partial charge in [0.05, 0.1) is 23.1 Å². The molecule has 7 nitrogen and oxygen atoms in total. The van der Waals surface area contributed by atoms with Crippen molar-refractivity contribution < 1.29 is 33.6 Å². The van der Waals surface area contributed by atoms with E-state index in [1.165, 1.54) is 7.11 Å². The maximum absolute atomic E-state index is 13.8. The summed E-state index contributed by atoms with van der Waals surface area (Å²) in [4.78, 5) is 27.2. The number of fused-ring (bicyclic) bond motifs is 4. The highest BCUT2D eigenvalue weighted by Gasteiger charge is 2.57. The molecule has 1 N–H and O–H groups in total. The Labute approximate surface area is 238 Å². The molecule has 39 heavy (non-hydrogen) atoms. The normalized spacial score (nSPS) is 26.2. The lowest BCUT2D eigenvalue weighted by molar-refractivity contribution is -0.147. The van der Waals surface area contributed by atoms with Gasteiger partial charge in [0.2, 0.25) is 0 Å². The maximum Gasteiger partial charge on any atom is 0.346 e. The summed E-state index contributed by atoms with van der Waals surface area (Å²) < 4.78 is 24.8. The van der Waals surface area contributed by atoms with Gasteiger partial charge in [0.1, 0.15) is 23.2 Å². The minimum absolute atomic E-state index is 0.0880. The van der Waals surface area contributed by atoms with Crippen LogP contribution in [0.4, 0.5) is 0 Å². The number of methoxy groups -OCH3 is 1. The highest BCUT2D eigenvalue weighted by Crippen LogP contribution is 2.59. The zero-order valence-corrected chi connectivity index (χ0v) is 25.0. The quantitative estimate of drug-likeness (QED) is 0.269. The number of cyclic esters (lactones) is 1. The fourth-order valence-electron chi connectivity index (χ4n) is 6.74. The predicted octanol–water partition coefficient (Wildman–Crippen LogP) is 7.60. The number of benzene rings is 2. The molecule has 1 heterocycles. The molecule has 0 amide bonds. The molecule has 0 radical (unpaired) electrons. The summed E-state index contributed by atoms with van der Waals surface area (Å²) >= 11 is 3.64. The van der Waals surface area contributed by atoms with E-state index in [9.17, 15) is 14.7 Å². The molecule has 2 fully saturated rings. The summed E-state index contributed by atoms with van der Waals surface area (Å²) in [5, 5.41) is 10.9. The lowest BCUT2D eigenvalue weighted by atomic mass is 9.80. The molecule has 5 rings (SSSR count). The predicted molar refractivity (Wildman–Crippen MR) is 149 cm³/mol. The highest BCUT2D eigenvalue weighted by molar-refractivity contribution is 9.10. The number of rotatable bonds is 6. The average Bonchev–Trinajstić information content (AvgIpc) is 3.39. The molecule has 8 heteroatoms. The molecular formula is C31H37BrO7. The first-order valence-corrected chi connectivity index (χ1v) is 14.6. The van der Waals surface area contributed by atoms with Crippen LogP contribution in [-0.2, 0) is 9.53 Å². The molecular weight excluding hydrogens is 564 g/mol. The van der Waals surface area contributed by atoms with Crippen molar-refractivity contribution in [2.75, 3.05) is 7.11 Å². The number of carbonyl (C=O) groups is 2. The maximum atomic E-state index is 13.8. The van der Waals surface area contributed by atoms with E-state index in [-0.39, 0.29) is 34.7 Å². The van der Waals surface area contributed by atoms with Crippen LogP contribution < -0.4 is 14.2 Å². The van der Waals surface area contributed by atoms with E-state index in [2.05, 4.69) is 15.9 Å². The monoisotopic (exact) mass is 600 g/mol. The Bertz CT molecular complexity index is 1300. The van der Waals surface area contributed by atoms with Crippen molar-refractivity contribution in [3.8, 4) is 23.0 Å². The van der Waals surface area contributed by atoms with Crippen LogP contribution in [-0.4, -0.2) is 24.2 Å². The van der Waals surface area contributed by atoms with E-state index in [1.54, 1.807) is 19.1 Å². The van der Waals surface area contributed by atoms with E-state index in [4.69, 9.17) is 18.9 Å². The van der Waals surface area contributed by atoms with Gasteiger partial charge < -0.3 is 24.1 Å². The molecule has 2 saturated carbocycles. The number of aliphatic hydroxyl groups is 1. The molecule has 3 aliphatic rings. The van der Waals surface area contributed by atoms with Gasteiger partial charge in [-0.2, -0.15) is 0 Å². The Kier molecular flexibility index (Phi) is 7.48. The summed E-state index contributed by atoms with van der Waals surface area (Å²) in [6, 6.07) is 5.21. The van der Waals surface area contributed by atoms with Crippen molar-refractivity contribution in [2.24, 2.45) is 23.2 Å². The largest absolute Gasteiger partial charge is 0.495 e. The Morgan fingerprint density at radius 1 is 1.18 bits per heavy atom. The van der Waals surface area contributed by atoms with Crippen LogP contribution in [0.2, 0.25) is 0 Å². The standard InChI is InChI=1S/C31H37BrO7/c1-15(2)13-22(33)20-11-12-23-24(26(20)36-6)29(34)37-17(4)21-14-16(3)25(32)28(27(21)38-23)39-30(35)31(5)18-7-8-19(31)10-9-18/h11-12,14-15,17-19,22,33H,7-10,13H2,1-6H3/t17?,18?,19?,22-,31?/m0/s1. The molecule has 0 aromatic heterocycles. The van der Waals surface area contributed by atoms with Crippen molar-refractivity contribution >= 4 is 27.9 Å². The second-order valence-electron chi connectivity index (χ2n) is 11.8. The Hall–Kier alpha value is -2.58. The number of aryl methyl sites for hydroxylation is 1. The van der Waals surface area contributed by atoms with E-state index in [0.29, 0.717) is 39.6 Å². The third kappa shape index (κ3) is 4.63. The van der Waals surface area contributed by atoms with Crippen molar-refractivity contribution in [3.05, 3.63) is 44.9 Å². The molecule has 1 unspecified atom stereocenters. The van der Waals surface area contributed by atoms with Crippen molar-refractivity contribution in [2.45, 2.75) is 78.9 Å². The van der Waals surface area contributed by atoms with Gasteiger partial charge in [0.25, 0.3) is 0 Å². The Morgan fingerprint density at radius 3 is 2.41 bits per heavy atom. The SMILES string of the molecule is COc1c([C@@H](O)CC(C)C)ccc2c1C(=O)OC(C)c1cc(C)c(Br)c(OC(=O)C3(C)C4CCC3CC4)c1O2. The molecule has 2 aromatic carbocycles.